The summed E-state index contributed by atoms with van der Waals surface area (Å²) in [6, 6.07) is 0. The van der Waals surface area contributed by atoms with Gasteiger partial charge in [-0.25, -0.2) is 4.79 Å². The summed E-state index contributed by atoms with van der Waals surface area (Å²) in [5.74, 6) is -0.521. The first kappa shape index (κ1) is 19.6. The van der Waals surface area contributed by atoms with Gasteiger partial charge in [0.15, 0.2) is 0 Å². The molecule has 0 aromatic heterocycles. The second kappa shape index (κ2) is 8.10. The van der Waals surface area contributed by atoms with Crippen LogP contribution in [0.3, 0.4) is 0 Å². The van der Waals surface area contributed by atoms with Gasteiger partial charge < -0.3 is 0 Å². The number of carbonyl (C=O) groups is 3. The van der Waals surface area contributed by atoms with Crippen LogP contribution in [0.1, 0.15) is 53.9 Å². The Morgan fingerprint density at radius 2 is 1.76 bits per heavy atom. The molecule has 0 saturated heterocycles. The van der Waals surface area contributed by atoms with Gasteiger partial charge in [-0.1, -0.05) is 27.2 Å². The van der Waals surface area contributed by atoms with Crippen molar-refractivity contribution in [3.8, 4) is 0 Å². The minimum Gasteiger partial charge on any atom is -0.269 e. The summed E-state index contributed by atoms with van der Waals surface area (Å²) in [7, 11) is 0. The highest BCUT2D eigenvalue weighted by molar-refractivity contribution is 6.19. The van der Waals surface area contributed by atoms with Crippen molar-refractivity contribution in [2.24, 2.45) is 17.8 Å². The maximum absolute atomic E-state index is 11.9. The fraction of sp³-hybridized carbons (Fsp3) is 0.722. The highest BCUT2D eigenvalue weighted by atomic mass is 17.5. The Morgan fingerprint density at radius 3 is 2.32 bits per heavy atom. The molecule has 0 aromatic carbocycles. The standard InChI is InChI=1S/C18H27NO6/c1-10(2)14-7-6-11(3)8-15(14)23-25-24-16(20)9-19-17(21)12(4)13(5)18(19)22/h10-11,14-15H,6-9H2,1-5H3. The van der Waals surface area contributed by atoms with Gasteiger partial charge in [0.05, 0.1) is 0 Å². The maximum atomic E-state index is 11.9. The summed E-state index contributed by atoms with van der Waals surface area (Å²) in [6.45, 7) is 9.02. The van der Waals surface area contributed by atoms with Gasteiger partial charge in [0, 0.05) is 11.1 Å². The van der Waals surface area contributed by atoms with Crippen LogP contribution in [0, 0.1) is 17.8 Å². The summed E-state index contributed by atoms with van der Waals surface area (Å²) in [5.41, 5.74) is 0.678. The molecule has 0 aromatic rings. The van der Waals surface area contributed by atoms with Crippen molar-refractivity contribution in [1.29, 1.82) is 0 Å². The minimum atomic E-state index is -0.853. The first-order valence-electron chi connectivity index (χ1n) is 8.78. The Labute approximate surface area is 148 Å². The predicted octanol–water partition coefficient (Wildman–Crippen LogP) is 2.56. The predicted molar refractivity (Wildman–Crippen MR) is 88.5 cm³/mol. The van der Waals surface area contributed by atoms with E-state index in [1.165, 1.54) is 0 Å². The normalized spacial score (nSPS) is 27.4. The van der Waals surface area contributed by atoms with Crippen molar-refractivity contribution in [3.05, 3.63) is 11.1 Å². The van der Waals surface area contributed by atoms with Gasteiger partial charge in [-0.3, -0.25) is 19.4 Å². The molecule has 3 atom stereocenters. The molecule has 7 nitrogen and oxygen atoms in total. The van der Waals surface area contributed by atoms with Gasteiger partial charge >= 0.3 is 5.97 Å². The van der Waals surface area contributed by atoms with E-state index in [1.54, 1.807) is 13.8 Å². The first-order chi connectivity index (χ1) is 11.7. The Hall–Kier alpha value is -1.73. The van der Waals surface area contributed by atoms with Crippen molar-refractivity contribution in [2.75, 3.05) is 6.54 Å². The van der Waals surface area contributed by atoms with Gasteiger partial charge in [0.25, 0.3) is 11.8 Å². The second-order valence-corrected chi connectivity index (χ2v) is 7.43. The van der Waals surface area contributed by atoms with Gasteiger partial charge in [-0.05, 0) is 49.5 Å². The Morgan fingerprint density at radius 1 is 1.16 bits per heavy atom. The Balaban J connectivity index is 1.80. The molecule has 0 spiro atoms. The molecule has 2 rings (SSSR count). The molecule has 1 aliphatic carbocycles. The first-order valence-corrected chi connectivity index (χ1v) is 8.78. The molecule has 25 heavy (non-hydrogen) atoms. The molecule has 7 heteroatoms. The monoisotopic (exact) mass is 353 g/mol. The van der Waals surface area contributed by atoms with E-state index in [0.717, 1.165) is 24.2 Å². The number of nitrogens with zero attached hydrogens (tertiary/aromatic N) is 1. The molecule has 1 heterocycles. The highest BCUT2D eigenvalue weighted by Crippen LogP contribution is 2.35. The fourth-order valence-electron chi connectivity index (χ4n) is 3.45. The van der Waals surface area contributed by atoms with E-state index in [9.17, 15) is 14.4 Å². The van der Waals surface area contributed by atoms with E-state index < -0.39 is 24.3 Å². The number of imide groups is 1. The second-order valence-electron chi connectivity index (χ2n) is 7.43. The van der Waals surface area contributed by atoms with E-state index in [2.05, 4.69) is 30.7 Å². The molecule has 140 valence electrons. The lowest BCUT2D eigenvalue weighted by Crippen LogP contribution is -2.38. The van der Waals surface area contributed by atoms with Crippen molar-refractivity contribution in [1.82, 2.24) is 4.90 Å². The van der Waals surface area contributed by atoms with E-state index in [1.807, 2.05) is 0 Å². The molecule has 0 radical (unpaired) electrons. The lowest BCUT2D eigenvalue weighted by Gasteiger charge is -2.35. The van der Waals surface area contributed by atoms with Crippen molar-refractivity contribution < 1.29 is 29.2 Å². The molecule has 3 unspecified atom stereocenters. The van der Waals surface area contributed by atoms with Crippen molar-refractivity contribution in [3.63, 3.8) is 0 Å². The molecule has 2 aliphatic rings. The molecule has 0 N–H and O–H groups in total. The van der Waals surface area contributed by atoms with Gasteiger partial charge in [-0.15, -0.1) is 0 Å². The third-order valence-electron chi connectivity index (χ3n) is 5.23. The number of rotatable bonds is 6. The van der Waals surface area contributed by atoms with Crippen LogP contribution >= 0.6 is 0 Å². The average Bonchev–Trinajstić information content (AvgIpc) is 2.72. The number of hydrogen-bond acceptors (Lipinski definition) is 6. The largest absolute Gasteiger partial charge is 0.365 e. The molecule has 2 amide bonds. The van der Waals surface area contributed by atoms with Gasteiger partial charge in [0.2, 0.25) is 0 Å². The maximum Gasteiger partial charge on any atom is 0.365 e. The summed E-state index contributed by atoms with van der Waals surface area (Å²) in [6.07, 6.45) is 2.89. The number of hydrogen-bond donors (Lipinski definition) is 0. The lowest BCUT2D eigenvalue weighted by atomic mass is 9.75. The lowest BCUT2D eigenvalue weighted by molar-refractivity contribution is -0.508. The third kappa shape index (κ3) is 4.46. The summed E-state index contributed by atoms with van der Waals surface area (Å²) < 4.78 is 0. The number of carbonyl (C=O) groups excluding carboxylic acids is 3. The van der Waals surface area contributed by atoms with E-state index in [-0.39, 0.29) is 6.10 Å². The molecule has 1 aliphatic heterocycles. The van der Waals surface area contributed by atoms with Crippen LogP contribution < -0.4 is 0 Å². The zero-order valence-electron chi connectivity index (χ0n) is 15.5. The zero-order valence-corrected chi connectivity index (χ0v) is 15.5. The molecule has 1 fully saturated rings. The van der Waals surface area contributed by atoms with E-state index in [4.69, 9.17) is 4.89 Å². The fourth-order valence-corrected chi connectivity index (χ4v) is 3.45. The quantitative estimate of drug-likeness (QED) is 0.415. The van der Waals surface area contributed by atoms with E-state index in [0.29, 0.717) is 28.9 Å². The Bertz CT molecular complexity index is 558. The summed E-state index contributed by atoms with van der Waals surface area (Å²) in [5, 5.41) is 4.69. The van der Waals surface area contributed by atoms with Crippen molar-refractivity contribution in [2.45, 2.75) is 60.0 Å². The minimum absolute atomic E-state index is 0.141. The smallest absolute Gasteiger partial charge is 0.269 e. The van der Waals surface area contributed by atoms with Crippen LogP contribution in [0.2, 0.25) is 0 Å². The van der Waals surface area contributed by atoms with Crippen LogP contribution in [-0.4, -0.2) is 35.3 Å². The van der Waals surface area contributed by atoms with Crippen LogP contribution in [0.15, 0.2) is 11.1 Å². The number of amides is 2. The molecular weight excluding hydrogens is 326 g/mol. The van der Waals surface area contributed by atoms with Crippen LogP contribution in [0.25, 0.3) is 0 Å². The van der Waals surface area contributed by atoms with Crippen molar-refractivity contribution >= 4 is 17.8 Å². The van der Waals surface area contributed by atoms with Gasteiger partial charge in [-0.2, -0.15) is 4.89 Å². The highest BCUT2D eigenvalue weighted by Gasteiger charge is 2.36. The van der Waals surface area contributed by atoms with Crippen LogP contribution in [-0.2, 0) is 29.2 Å². The topological polar surface area (TPSA) is 82.1 Å². The van der Waals surface area contributed by atoms with Crippen LogP contribution in [0.4, 0.5) is 0 Å². The zero-order chi connectivity index (χ0) is 18.7. The SMILES string of the molecule is CC1=C(C)C(=O)N(CC(=O)OOOC2CC(C)CCC2C(C)C)C1=O. The molecule has 0 bridgehead atoms. The van der Waals surface area contributed by atoms with Gasteiger partial charge in [0.1, 0.15) is 12.6 Å². The molecular formula is C18H27NO6. The van der Waals surface area contributed by atoms with Crippen LogP contribution in [0.5, 0.6) is 0 Å². The summed E-state index contributed by atoms with van der Waals surface area (Å²) in [4.78, 5) is 46.4. The molecule has 1 saturated carbocycles. The summed E-state index contributed by atoms with van der Waals surface area (Å²) >= 11 is 0. The van der Waals surface area contributed by atoms with E-state index >= 15 is 0 Å². The third-order valence-corrected chi connectivity index (χ3v) is 5.23. The average molecular weight is 353 g/mol. The Kier molecular flexibility index (Phi) is 6.35.